The molecule has 2 aliphatic heterocycles. The normalized spacial score (nSPS) is 23.7. The predicted molar refractivity (Wildman–Crippen MR) is 131 cm³/mol. The number of carbonyl (C=O) groups is 3. The van der Waals surface area contributed by atoms with Crippen LogP contribution in [0.25, 0.3) is 0 Å². The lowest BCUT2D eigenvalue weighted by molar-refractivity contribution is -0.141. The highest BCUT2D eigenvalue weighted by Gasteiger charge is 2.43. The average Bonchev–Trinajstić information content (AvgIpc) is 3.12. The Morgan fingerprint density at radius 1 is 0.971 bits per heavy atom. The minimum atomic E-state index is -0.507. The van der Waals surface area contributed by atoms with E-state index in [4.69, 9.17) is 9.47 Å². The summed E-state index contributed by atoms with van der Waals surface area (Å²) in [5.41, 5.74) is 2.69. The first-order valence-electron chi connectivity index (χ1n) is 12.5. The molecule has 184 valence electrons. The lowest BCUT2D eigenvalue weighted by Gasteiger charge is -2.42. The van der Waals surface area contributed by atoms with Crippen LogP contribution in [-0.4, -0.2) is 54.8 Å². The minimum Gasteiger partial charge on any atom is -0.493 e. The molecule has 2 heterocycles. The second kappa shape index (κ2) is 9.36. The van der Waals surface area contributed by atoms with Crippen LogP contribution in [-0.2, 0) is 11.2 Å². The van der Waals surface area contributed by atoms with Crippen LogP contribution in [0.2, 0.25) is 0 Å². The van der Waals surface area contributed by atoms with E-state index in [2.05, 4.69) is 6.92 Å². The molecule has 2 unspecified atom stereocenters. The molecule has 0 saturated heterocycles. The molecule has 1 saturated carbocycles. The van der Waals surface area contributed by atoms with Gasteiger partial charge in [-0.15, -0.1) is 0 Å². The fourth-order valence-corrected chi connectivity index (χ4v) is 6.06. The van der Waals surface area contributed by atoms with Gasteiger partial charge in [0.05, 0.1) is 37.9 Å². The second-order valence-corrected chi connectivity index (χ2v) is 9.81. The largest absolute Gasteiger partial charge is 0.493 e. The molecule has 5 rings (SSSR count). The van der Waals surface area contributed by atoms with Crippen LogP contribution in [0.3, 0.4) is 0 Å². The molecule has 0 aromatic heterocycles. The average molecular weight is 477 g/mol. The van der Waals surface area contributed by atoms with Crippen molar-refractivity contribution < 1.29 is 23.9 Å². The van der Waals surface area contributed by atoms with E-state index in [1.165, 1.54) is 4.90 Å². The number of hydrogen-bond acceptors (Lipinski definition) is 5. The van der Waals surface area contributed by atoms with Crippen LogP contribution in [0.5, 0.6) is 11.5 Å². The monoisotopic (exact) mass is 476 g/mol. The number of benzene rings is 2. The molecule has 35 heavy (non-hydrogen) atoms. The van der Waals surface area contributed by atoms with E-state index in [1.54, 1.807) is 38.5 Å². The van der Waals surface area contributed by atoms with Gasteiger partial charge in [-0.05, 0) is 48.9 Å². The van der Waals surface area contributed by atoms with Crippen LogP contribution < -0.4 is 9.47 Å². The third-order valence-corrected chi connectivity index (χ3v) is 7.95. The number of ether oxygens (including phenoxy) is 2. The maximum absolute atomic E-state index is 14.0. The SMILES string of the molecule is COc1ccc2c(c1OC)C(CN1C(=O)c3ccccc3C1=O)N(C(=O)[C@@H]1CCCCC1C)CC2. The van der Waals surface area contributed by atoms with Crippen LogP contribution >= 0.6 is 0 Å². The van der Waals surface area contributed by atoms with Gasteiger partial charge in [-0.3, -0.25) is 19.3 Å². The van der Waals surface area contributed by atoms with Crippen molar-refractivity contribution in [3.8, 4) is 11.5 Å². The Balaban J connectivity index is 1.57. The van der Waals surface area contributed by atoms with E-state index in [1.807, 2.05) is 17.0 Å². The van der Waals surface area contributed by atoms with Gasteiger partial charge in [-0.1, -0.05) is 38.0 Å². The van der Waals surface area contributed by atoms with Crippen molar-refractivity contribution in [2.24, 2.45) is 11.8 Å². The first-order chi connectivity index (χ1) is 17.0. The van der Waals surface area contributed by atoms with Gasteiger partial charge in [0.2, 0.25) is 5.91 Å². The molecule has 3 amide bonds. The van der Waals surface area contributed by atoms with Crippen molar-refractivity contribution in [3.05, 3.63) is 58.7 Å². The zero-order chi connectivity index (χ0) is 24.7. The maximum atomic E-state index is 14.0. The van der Waals surface area contributed by atoms with Gasteiger partial charge < -0.3 is 14.4 Å². The Hall–Kier alpha value is -3.35. The first-order valence-corrected chi connectivity index (χ1v) is 12.5. The third-order valence-electron chi connectivity index (χ3n) is 7.95. The van der Waals surface area contributed by atoms with Crippen LogP contribution in [0.15, 0.2) is 36.4 Å². The van der Waals surface area contributed by atoms with Crippen molar-refractivity contribution in [1.29, 1.82) is 0 Å². The fourth-order valence-electron chi connectivity index (χ4n) is 6.06. The van der Waals surface area contributed by atoms with Gasteiger partial charge in [-0.25, -0.2) is 0 Å². The second-order valence-electron chi connectivity index (χ2n) is 9.81. The lowest BCUT2D eigenvalue weighted by atomic mass is 9.78. The van der Waals surface area contributed by atoms with Crippen molar-refractivity contribution in [1.82, 2.24) is 9.80 Å². The standard InChI is InChI=1S/C28H32N2O5/c1-17-8-4-5-9-19(17)26(31)29-15-14-18-12-13-23(34-2)25(35-3)24(18)22(29)16-30-27(32)20-10-6-7-11-21(20)28(30)33/h6-7,10-13,17,19,22H,4-5,8-9,14-16H2,1-3H3/t17?,19-,22?/m1/s1. The van der Waals surface area contributed by atoms with Crippen LogP contribution in [0.4, 0.5) is 0 Å². The summed E-state index contributed by atoms with van der Waals surface area (Å²) in [7, 11) is 3.17. The smallest absolute Gasteiger partial charge is 0.261 e. The Bertz CT molecular complexity index is 1140. The van der Waals surface area contributed by atoms with Gasteiger partial charge in [0.15, 0.2) is 11.5 Å². The highest BCUT2D eigenvalue weighted by Crippen LogP contribution is 2.44. The quantitative estimate of drug-likeness (QED) is 0.603. The molecule has 0 radical (unpaired) electrons. The molecule has 1 aliphatic carbocycles. The van der Waals surface area contributed by atoms with Crippen molar-refractivity contribution in [2.45, 2.75) is 45.1 Å². The van der Waals surface area contributed by atoms with Crippen molar-refractivity contribution in [2.75, 3.05) is 27.3 Å². The fraction of sp³-hybridized carbons (Fsp3) is 0.464. The van der Waals surface area contributed by atoms with Gasteiger partial charge in [0, 0.05) is 18.0 Å². The molecule has 3 aliphatic rings. The van der Waals surface area contributed by atoms with Crippen molar-refractivity contribution in [3.63, 3.8) is 0 Å². The third kappa shape index (κ3) is 3.87. The molecule has 0 bridgehead atoms. The Morgan fingerprint density at radius 3 is 2.29 bits per heavy atom. The summed E-state index contributed by atoms with van der Waals surface area (Å²) in [5, 5.41) is 0. The van der Waals surface area contributed by atoms with E-state index >= 15 is 0 Å². The highest BCUT2D eigenvalue weighted by molar-refractivity contribution is 6.21. The van der Waals surface area contributed by atoms with Crippen LogP contribution in [0, 0.1) is 11.8 Å². The first kappa shape index (κ1) is 23.4. The number of nitrogens with zero attached hydrogens (tertiary/aromatic N) is 2. The molecular weight excluding hydrogens is 444 g/mol. The molecular formula is C28H32N2O5. The highest BCUT2D eigenvalue weighted by atomic mass is 16.5. The molecule has 7 heteroatoms. The van der Waals surface area contributed by atoms with Gasteiger partial charge in [0.25, 0.3) is 11.8 Å². The molecule has 2 aromatic carbocycles. The summed E-state index contributed by atoms with van der Waals surface area (Å²) >= 11 is 0. The number of amides is 3. The summed E-state index contributed by atoms with van der Waals surface area (Å²) < 4.78 is 11.4. The molecule has 7 nitrogen and oxygen atoms in total. The number of rotatable bonds is 5. The van der Waals surface area contributed by atoms with E-state index in [9.17, 15) is 14.4 Å². The van der Waals surface area contributed by atoms with Gasteiger partial charge >= 0.3 is 0 Å². The zero-order valence-electron chi connectivity index (χ0n) is 20.6. The Labute approximate surface area is 206 Å². The molecule has 1 fully saturated rings. The lowest BCUT2D eigenvalue weighted by Crippen LogP contribution is -2.49. The maximum Gasteiger partial charge on any atom is 0.261 e. The van der Waals surface area contributed by atoms with E-state index < -0.39 is 6.04 Å². The van der Waals surface area contributed by atoms with E-state index in [0.29, 0.717) is 41.5 Å². The molecule has 3 atom stereocenters. The summed E-state index contributed by atoms with van der Waals surface area (Å²) in [6.07, 6.45) is 4.79. The molecule has 0 spiro atoms. The number of imide groups is 1. The van der Waals surface area contributed by atoms with Gasteiger partial charge in [-0.2, -0.15) is 0 Å². The molecule has 0 N–H and O–H groups in total. The van der Waals surface area contributed by atoms with E-state index in [-0.39, 0.29) is 30.2 Å². The van der Waals surface area contributed by atoms with Gasteiger partial charge in [0.1, 0.15) is 0 Å². The minimum absolute atomic E-state index is 0.0495. The predicted octanol–water partition coefficient (Wildman–Crippen LogP) is 4.25. The number of methoxy groups -OCH3 is 2. The summed E-state index contributed by atoms with van der Waals surface area (Å²) in [4.78, 5) is 43.6. The van der Waals surface area contributed by atoms with E-state index in [0.717, 1.165) is 36.8 Å². The topological polar surface area (TPSA) is 76.2 Å². The number of carbonyl (C=O) groups excluding carboxylic acids is 3. The number of fused-ring (bicyclic) bond motifs is 2. The Morgan fingerprint density at radius 2 is 1.66 bits per heavy atom. The van der Waals surface area contributed by atoms with Crippen molar-refractivity contribution >= 4 is 17.7 Å². The Kier molecular flexibility index (Phi) is 6.26. The summed E-state index contributed by atoms with van der Waals surface area (Å²) in [6, 6.07) is 10.2. The summed E-state index contributed by atoms with van der Waals surface area (Å²) in [5.74, 6) is 0.849. The zero-order valence-corrected chi connectivity index (χ0v) is 20.6. The summed E-state index contributed by atoms with van der Waals surface area (Å²) in [6.45, 7) is 2.77. The van der Waals surface area contributed by atoms with Crippen LogP contribution in [0.1, 0.15) is 70.5 Å². The number of hydrogen-bond donors (Lipinski definition) is 0. The molecule has 2 aromatic rings.